The largest absolute Gasteiger partial charge is 0.355 e. The number of hydrogen-bond acceptors (Lipinski definition) is 4. The molecule has 2 aromatic heterocycles. The minimum atomic E-state index is -0.107. The smallest absolute Gasteiger partial charge is 0.315 e. The first-order valence-corrected chi connectivity index (χ1v) is 8.81. The molecule has 2 aromatic rings. The summed E-state index contributed by atoms with van der Waals surface area (Å²) >= 11 is 0. The van der Waals surface area contributed by atoms with E-state index in [4.69, 9.17) is 0 Å². The fourth-order valence-electron chi connectivity index (χ4n) is 3.26. The third kappa shape index (κ3) is 4.71. The van der Waals surface area contributed by atoms with Crippen LogP contribution in [-0.2, 0) is 13.5 Å². The number of rotatable bonds is 5. The SMILES string of the molecule is Cc1cccc(CCNC(=O)N[C@H]2CCCN(c3ccnn3C)C2)n1. The lowest BCUT2D eigenvalue weighted by Crippen LogP contribution is -2.51. The van der Waals surface area contributed by atoms with Gasteiger partial charge in [0, 0.05) is 56.6 Å². The van der Waals surface area contributed by atoms with Crippen molar-refractivity contribution >= 4 is 11.8 Å². The van der Waals surface area contributed by atoms with Gasteiger partial charge in [0.2, 0.25) is 0 Å². The van der Waals surface area contributed by atoms with E-state index in [0.717, 1.165) is 49.6 Å². The zero-order valence-corrected chi connectivity index (χ0v) is 14.9. The number of aryl methyl sites for hydroxylation is 2. The second kappa shape index (κ2) is 8.00. The van der Waals surface area contributed by atoms with Crippen molar-refractivity contribution in [3.8, 4) is 0 Å². The molecule has 3 heterocycles. The fourth-order valence-corrected chi connectivity index (χ4v) is 3.26. The summed E-state index contributed by atoms with van der Waals surface area (Å²) in [6.45, 7) is 4.37. The molecule has 0 spiro atoms. The summed E-state index contributed by atoms with van der Waals surface area (Å²) in [5.74, 6) is 1.09. The fraction of sp³-hybridized carbons (Fsp3) is 0.500. The minimum absolute atomic E-state index is 0.107. The van der Waals surface area contributed by atoms with E-state index in [9.17, 15) is 4.79 Å². The Hall–Kier alpha value is -2.57. The van der Waals surface area contributed by atoms with Gasteiger partial charge in [-0.3, -0.25) is 9.67 Å². The zero-order chi connectivity index (χ0) is 17.6. The van der Waals surface area contributed by atoms with Crippen molar-refractivity contribution in [2.24, 2.45) is 7.05 Å². The van der Waals surface area contributed by atoms with Gasteiger partial charge in [-0.25, -0.2) is 4.79 Å². The summed E-state index contributed by atoms with van der Waals surface area (Å²) in [5.41, 5.74) is 2.00. The summed E-state index contributed by atoms with van der Waals surface area (Å²) in [4.78, 5) is 18.9. The van der Waals surface area contributed by atoms with Gasteiger partial charge in [-0.2, -0.15) is 5.10 Å². The predicted octanol–water partition coefficient (Wildman–Crippen LogP) is 1.63. The first-order chi connectivity index (χ1) is 12.1. The third-order valence-corrected chi connectivity index (χ3v) is 4.49. The Labute approximate surface area is 148 Å². The van der Waals surface area contributed by atoms with Crippen molar-refractivity contribution in [3.63, 3.8) is 0 Å². The molecular weight excluding hydrogens is 316 g/mol. The van der Waals surface area contributed by atoms with E-state index in [0.29, 0.717) is 6.54 Å². The van der Waals surface area contributed by atoms with E-state index in [1.807, 2.05) is 42.9 Å². The molecule has 3 rings (SSSR count). The normalized spacial score (nSPS) is 17.4. The molecule has 0 aliphatic carbocycles. The molecular formula is C18H26N6O. The molecule has 7 heteroatoms. The Kier molecular flexibility index (Phi) is 5.53. The number of carbonyl (C=O) groups excluding carboxylic acids is 1. The highest BCUT2D eigenvalue weighted by atomic mass is 16.2. The number of nitrogens with one attached hydrogen (secondary N) is 2. The van der Waals surface area contributed by atoms with Crippen LogP contribution >= 0.6 is 0 Å². The van der Waals surface area contributed by atoms with Gasteiger partial charge in [0.25, 0.3) is 0 Å². The molecule has 2 amide bonds. The topological polar surface area (TPSA) is 75.1 Å². The lowest BCUT2D eigenvalue weighted by molar-refractivity contribution is 0.235. The maximum atomic E-state index is 12.1. The lowest BCUT2D eigenvalue weighted by Gasteiger charge is -2.34. The Morgan fingerprint density at radius 3 is 3.00 bits per heavy atom. The van der Waals surface area contributed by atoms with Gasteiger partial charge < -0.3 is 15.5 Å². The standard InChI is InChI=1S/C18H26N6O/c1-14-5-3-6-15(21-14)8-10-19-18(25)22-16-7-4-12-24(13-16)17-9-11-20-23(17)2/h3,5-6,9,11,16H,4,7-8,10,12-13H2,1-2H3,(H2,19,22,25)/t16-/m0/s1. The van der Waals surface area contributed by atoms with E-state index in [1.54, 1.807) is 6.20 Å². The average molecular weight is 342 g/mol. The van der Waals surface area contributed by atoms with Crippen molar-refractivity contribution in [1.29, 1.82) is 0 Å². The zero-order valence-electron chi connectivity index (χ0n) is 14.9. The van der Waals surface area contributed by atoms with Crippen LogP contribution in [0.15, 0.2) is 30.5 Å². The van der Waals surface area contributed by atoms with E-state index in [2.05, 4.69) is 25.6 Å². The molecule has 134 valence electrons. The molecule has 1 aliphatic rings. The monoisotopic (exact) mass is 342 g/mol. The highest BCUT2D eigenvalue weighted by Crippen LogP contribution is 2.18. The Bertz CT molecular complexity index is 713. The van der Waals surface area contributed by atoms with E-state index in [1.165, 1.54) is 0 Å². The van der Waals surface area contributed by atoms with Gasteiger partial charge in [0.05, 0.1) is 6.20 Å². The van der Waals surface area contributed by atoms with Gasteiger partial charge in [-0.1, -0.05) is 6.07 Å². The molecule has 1 atom stereocenters. The molecule has 0 saturated carbocycles. The van der Waals surface area contributed by atoms with Gasteiger partial charge >= 0.3 is 6.03 Å². The van der Waals surface area contributed by atoms with Crippen molar-refractivity contribution in [2.75, 3.05) is 24.5 Å². The summed E-state index contributed by atoms with van der Waals surface area (Å²) in [6, 6.07) is 8.01. The molecule has 2 N–H and O–H groups in total. The Balaban J connectivity index is 1.44. The second-order valence-electron chi connectivity index (χ2n) is 6.52. The van der Waals surface area contributed by atoms with Crippen LogP contribution in [0.25, 0.3) is 0 Å². The lowest BCUT2D eigenvalue weighted by atomic mass is 10.1. The number of amides is 2. The van der Waals surface area contributed by atoms with Crippen LogP contribution in [0.1, 0.15) is 24.2 Å². The molecule has 1 aliphatic heterocycles. The number of aromatic nitrogens is 3. The molecule has 0 bridgehead atoms. The van der Waals surface area contributed by atoms with E-state index < -0.39 is 0 Å². The number of anilines is 1. The van der Waals surface area contributed by atoms with Gasteiger partial charge in [-0.05, 0) is 31.9 Å². The van der Waals surface area contributed by atoms with Crippen molar-refractivity contribution in [1.82, 2.24) is 25.4 Å². The third-order valence-electron chi connectivity index (χ3n) is 4.49. The van der Waals surface area contributed by atoms with Crippen LogP contribution in [-0.4, -0.2) is 46.5 Å². The van der Waals surface area contributed by atoms with Crippen molar-refractivity contribution in [3.05, 3.63) is 41.9 Å². The number of carbonyl (C=O) groups is 1. The second-order valence-corrected chi connectivity index (χ2v) is 6.52. The van der Waals surface area contributed by atoms with Crippen LogP contribution in [0.3, 0.4) is 0 Å². The summed E-state index contributed by atoms with van der Waals surface area (Å²) < 4.78 is 1.87. The minimum Gasteiger partial charge on any atom is -0.355 e. The summed E-state index contributed by atoms with van der Waals surface area (Å²) in [7, 11) is 1.94. The van der Waals surface area contributed by atoms with Crippen LogP contribution in [0.5, 0.6) is 0 Å². The van der Waals surface area contributed by atoms with Gasteiger partial charge in [-0.15, -0.1) is 0 Å². The first-order valence-electron chi connectivity index (χ1n) is 8.81. The van der Waals surface area contributed by atoms with E-state index in [-0.39, 0.29) is 12.1 Å². The number of nitrogens with zero attached hydrogens (tertiary/aromatic N) is 4. The van der Waals surface area contributed by atoms with Crippen LogP contribution in [0.2, 0.25) is 0 Å². The Morgan fingerprint density at radius 2 is 2.24 bits per heavy atom. The molecule has 1 saturated heterocycles. The number of piperidine rings is 1. The molecule has 0 aromatic carbocycles. The summed E-state index contributed by atoms with van der Waals surface area (Å²) in [5, 5.41) is 10.2. The predicted molar refractivity (Wildman–Crippen MR) is 97.7 cm³/mol. The quantitative estimate of drug-likeness (QED) is 0.866. The van der Waals surface area contributed by atoms with Crippen molar-refractivity contribution in [2.45, 2.75) is 32.2 Å². The number of pyridine rings is 1. The van der Waals surface area contributed by atoms with Gasteiger partial charge in [0.15, 0.2) is 0 Å². The van der Waals surface area contributed by atoms with Crippen LogP contribution < -0.4 is 15.5 Å². The first kappa shape index (κ1) is 17.3. The highest BCUT2D eigenvalue weighted by Gasteiger charge is 2.22. The molecule has 0 radical (unpaired) electrons. The average Bonchev–Trinajstić information content (AvgIpc) is 3.01. The van der Waals surface area contributed by atoms with Crippen LogP contribution in [0, 0.1) is 6.92 Å². The van der Waals surface area contributed by atoms with Crippen molar-refractivity contribution < 1.29 is 4.79 Å². The number of hydrogen-bond donors (Lipinski definition) is 2. The molecule has 25 heavy (non-hydrogen) atoms. The summed E-state index contributed by atoms with van der Waals surface area (Å²) in [6.07, 6.45) is 4.60. The maximum Gasteiger partial charge on any atom is 0.315 e. The molecule has 1 fully saturated rings. The highest BCUT2D eigenvalue weighted by molar-refractivity contribution is 5.74. The maximum absolute atomic E-state index is 12.1. The van der Waals surface area contributed by atoms with Crippen LogP contribution in [0.4, 0.5) is 10.6 Å². The Morgan fingerprint density at radius 1 is 1.36 bits per heavy atom. The van der Waals surface area contributed by atoms with Gasteiger partial charge in [0.1, 0.15) is 5.82 Å². The van der Waals surface area contributed by atoms with E-state index >= 15 is 0 Å². The molecule has 7 nitrogen and oxygen atoms in total. The number of urea groups is 1. The molecule has 0 unspecified atom stereocenters.